The van der Waals surface area contributed by atoms with E-state index in [1.54, 1.807) is 23.8 Å². The molecule has 2 saturated heterocycles. The Hall–Kier alpha value is -0.750. The van der Waals surface area contributed by atoms with Gasteiger partial charge in [0.15, 0.2) is 4.87 Å². The first-order valence-corrected chi connectivity index (χ1v) is 8.88. The third-order valence-corrected chi connectivity index (χ3v) is 6.67. The quantitative estimate of drug-likeness (QED) is 0.855. The Morgan fingerprint density at radius 3 is 2.81 bits per heavy atom. The van der Waals surface area contributed by atoms with Gasteiger partial charge >= 0.3 is 0 Å². The number of nitrogens with zero attached hydrogens (tertiary/aromatic N) is 1. The van der Waals surface area contributed by atoms with Crippen molar-refractivity contribution >= 4 is 23.6 Å². The molecule has 1 saturated carbocycles. The summed E-state index contributed by atoms with van der Waals surface area (Å²) in [5.74, 6) is 0.973. The number of nitrogens with one attached hydrogen (secondary N) is 1. The van der Waals surface area contributed by atoms with E-state index < -0.39 is 4.87 Å². The van der Waals surface area contributed by atoms with Gasteiger partial charge in [0.2, 0.25) is 5.91 Å². The molecule has 2 amide bonds. The number of fused-ring (bicyclic) bond motifs is 1. The molecule has 1 N–H and O–H groups in total. The fraction of sp³-hybridized carbons (Fsp3) is 0.867. The van der Waals surface area contributed by atoms with Crippen LogP contribution in [0.25, 0.3) is 0 Å². The largest absolute Gasteiger partial charge is 0.376 e. The van der Waals surface area contributed by atoms with Crippen LogP contribution >= 0.6 is 11.8 Å². The number of amides is 2. The molecule has 0 aromatic rings. The van der Waals surface area contributed by atoms with Crippen molar-refractivity contribution in [2.45, 2.75) is 55.4 Å². The smallest absolute Gasteiger partial charge is 0.256 e. The highest BCUT2D eigenvalue weighted by Crippen LogP contribution is 2.45. The van der Waals surface area contributed by atoms with Gasteiger partial charge in [-0.15, -0.1) is 11.8 Å². The van der Waals surface area contributed by atoms with Crippen molar-refractivity contribution in [2.24, 2.45) is 0 Å². The Kier molecular flexibility index (Phi) is 4.19. The lowest BCUT2D eigenvalue weighted by Gasteiger charge is -2.37. The molecule has 0 aromatic heterocycles. The van der Waals surface area contributed by atoms with Gasteiger partial charge in [-0.3, -0.25) is 9.59 Å². The Morgan fingerprint density at radius 1 is 1.33 bits per heavy atom. The maximum Gasteiger partial charge on any atom is 0.256 e. The minimum atomic E-state index is -0.638. The number of carbonyl (C=O) groups excluding carboxylic acids is 2. The summed E-state index contributed by atoms with van der Waals surface area (Å²) in [6.45, 7) is 1.26. The summed E-state index contributed by atoms with van der Waals surface area (Å²) in [7, 11) is 1.74. The minimum Gasteiger partial charge on any atom is -0.376 e. The van der Waals surface area contributed by atoms with Crippen molar-refractivity contribution in [1.29, 1.82) is 0 Å². The van der Waals surface area contributed by atoms with Gasteiger partial charge in [0, 0.05) is 32.4 Å². The molecule has 0 radical (unpaired) electrons. The molecule has 0 bridgehead atoms. The van der Waals surface area contributed by atoms with Crippen LogP contribution in [0.4, 0.5) is 0 Å². The van der Waals surface area contributed by atoms with E-state index in [-0.39, 0.29) is 17.4 Å². The van der Waals surface area contributed by atoms with Gasteiger partial charge in [-0.1, -0.05) is 19.3 Å². The molecule has 2 aliphatic heterocycles. The highest BCUT2D eigenvalue weighted by molar-refractivity contribution is 8.01. The lowest BCUT2D eigenvalue weighted by Crippen LogP contribution is -2.55. The van der Waals surface area contributed by atoms with Gasteiger partial charge in [0.05, 0.1) is 5.60 Å². The number of rotatable bonds is 4. The first-order chi connectivity index (χ1) is 10.1. The SMILES string of the molecule is COC1(CNC(=O)C23CCC(=O)N2CCS3)CCCCC1. The maximum atomic E-state index is 12.7. The lowest BCUT2D eigenvalue weighted by molar-refractivity contribution is -0.136. The molecule has 5 nitrogen and oxygen atoms in total. The Balaban J connectivity index is 1.65. The van der Waals surface area contributed by atoms with Crippen LogP contribution in [-0.2, 0) is 14.3 Å². The zero-order valence-electron chi connectivity index (χ0n) is 12.7. The lowest BCUT2D eigenvalue weighted by atomic mass is 9.84. The van der Waals surface area contributed by atoms with Gasteiger partial charge in [-0.05, 0) is 19.3 Å². The van der Waals surface area contributed by atoms with Crippen LogP contribution < -0.4 is 5.32 Å². The van der Waals surface area contributed by atoms with E-state index in [1.807, 2.05) is 0 Å². The maximum absolute atomic E-state index is 12.7. The Bertz CT molecular complexity index is 437. The summed E-state index contributed by atoms with van der Waals surface area (Å²) in [4.78, 5) is 25.7. The van der Waals surface area contributed by atoms with E-state index in [4.69, 9.17) is 4.74 Å². The first kappa shape index (κ1) is 15.2. The summed E-state index contributed by atoms with van der Waals surface area (Å²) >= 11 is 1.62. The summed E-state index contributed by atoms with van der Waals surface area (Å²) in [6.07, 6.45) is 6.72. The molecule has 2 heterocycles. The fourth-order valence-corrected chi connectivity index (χ4v) is 5.25. The normalized spacial score (nSPS) is 31.3. The second kappa shape index (κ2) is 5.80. The predicted octanol–water partition coefficient (Wildman–Crippen LogP) is 1.52. The Labute approximate surface area is 130 Å². The zero-order chi connectivity index (χ0) is 14.9. The van der Waals surface area contributed by atoms with Crippen LogP contribution in [0.3, 0.4) is 0 Å². The number of carbonyl (C=O) groups is 2. The topological polar surface area (TPSA) is 58.6 Å². The van der Waals surface area contributed by atoms with Gasteiger partial charge in [0.25, 0.3) is 5.91 Å². The molecule has 1 atom stereocenters. The van der Waals surface area contributed by atoms with Crippen LogP contribution in [0.15, 0.2) is 0 Å². The van der Waals surface area contributed by atoms with Gasteiger partial charge < -0.3 is 15.0 Å². The molecular formula is C15H24N2O3S. The molecule has 1 unspecified atom stereocenters. The summed E-state index contributed by atoms with van der Waals surface area (Å²) in [5.41, 5.74) is -0.207. The molecule has 3 fully saturated rings. The molecule has 118 valence electrons. The third-order valence-electron chi connectivity index (χ3n) is 5.19. The predicted molar refractivity (Wildman–Crippen MR) is 82.0 cm³/mol. The van der Waals surface area contributed by atoms with E-state index in [1.165, 1.54) is 6.42 Å². The van der Waals surface area contributed by atoms with Gasteiger partial charge in [0.1, 0.15) is 0 Å². The molecule has 3 rings (SSSR count). The zero-order valence-corrected chi connectivity index (χ0v) is 13.5. The molecule has 0 aromatic carbocycles. The van der Waals surface area contributed by atoms with Crippen LogP contribution in [-0.4, -0.2) is 53.1 Å². The van der Waals surface area contributed by atoms with Crippen molar-refractivity contribution in [2.75, 3.05) is 26.0 Å². The van der Waals surface area contributed by atoms with Crippen molar-refractivity contribution in [3.8, 4) is 0 Å². The molecular weight excluding hydrogens is 288 g/mol. The monoisotopic (exact) mass is 312 g/mol. The van der Waals surface area contributed by atoms with E-state index in [0.29, 0.717) is 25.9 Å². The fourth-order valence-electron chi connectivity index (χ4n) is 3.84. The first-order valence-electron chi connectivity index (χ1n) is 7.90. The highest BCUT2D eigenvalue weighted by atomic mass is 32.2. The summed E-state index contributed by atoms with van der Waals surface area (Å²) in [5, 5.41) is 3.09. The third kappa shape index (κ3) is 2.57. The minimum absolute atomic E-state index is 0.00199. The Morgan fingerprint density at radius 2 is 2.10 bits per heavy atom. The van der Waals surface area contributed by atoms with Gasteiger partial charge in [-0.25, -0.2) is 0 Å². The number of methoxy groups -OCH3 is 1. The van der Waals surface area contributed by atoms with Crippen molar-refractivity contribution in [1.82, 2.24) is 10.2 Å². The summed E-state index contributed by atoms with van der Waals surface area (Å²) in [6, 6.07) is 0. The van der Waals surface area contributed by atoms with Crippen LogP contribution in [0.1, 0.15) is 44.9 Å². The number of hydrogen-bond donors (Lipinski definition) is 1. The molecule has 21 heavy (non-hydrogen) atoms. The van der Waals surface area contributed by atoms with Crippen LogP contribution in [0.2, 0.25) is 0 Å². The van der Waals surface area contributed by atoms with Crippen LogP contribution in [0.5, 0.6) is 0 Å². The molecule has 6 heteroatoms. The second-order valence-corrected chi connectivity index (χ2v) is 7.68. The van der Waals surface area contributed by atoms with E-state index in [9.17, 15) is 9.59 Å². The highest BCUT2D eigenvalue weighted by Gasteiger charge is 2.54. The van der Waals surface area contributed by atoms with E-state index in [0.717, 1.165) is 31.4 Å². The van der Waals surface area contributed by atoms with E-state index in [2.05, 4.69) is 5.32 Å². The van der Waals surface area contributed by atoms with Gasteiger partial charge in [-0.2, -0.15) is 0 Å². The average molecular weight is 312 g/mol. The standard InChI is InChI=1S/C15H24N2O3S/c1-20-14(6-3-2-4-7-14)11-16-13(19)15-8-5-12(18)17(15)9-10-21-15/h2-11H2,1H3,(H,16,19). The molecule has 3 aliphatic rings. The average Bonchev–Trinajstić information content (AvgIpc) is 3.08. The van der Waals surface area contributed by atoms with Crippen molar-refractivity contribution in [3.63, 3.8) is 0 Å². The van der Waals surface area contributed by atoms with E-state index >= 15 is 0 Å². The number of hydrogen-bond acceptors (Lipinski definition) is 4. The number of ether oxygens (including phenoxy) is 1. The molecule has 1 aliphatic carbocycles. The molecule has 0 spiro atoms. The summed E-state index contributed by atoms with van der Waals surface area (Å²) < 4.78 is 5.72. The van der Waals surface area contributed by atoms with Crippen LogP contribution in [0, 0.1) is 0 Å². The van der Waals surface area contributed by atoms with Crippen molar-refractivity contribution < 1.29 is 14.3 Å². The van der Waals surface area contributed by atoms with Crippen molar-refractivity contribution in [3.05, 3.63) is 0 Å². The second-order valence-electron chi connectivity index (χ2n) is 6.31. The number of thioether (sulfide) groups is 1.